The van der Waals surface area contributed by atoms with E-state index in [0.29, 0.717) is 0 Å². The van der Waals surface area contributed by atoms with Gasteiger partial charge in [0.1, 0.15) is 18.9 Å². The Morgan fingerprint density at radius 2 is 1.90 bits per heavy atom. The fourth-order valence-electron chi connectivity index (χ4n) is 1.49. The number of amides is 1. The summed E-state index contributed by atoms with van der Waals surface area (Å²) in [5.41, 5.74) is -0.110. The van der Waals surface area contributed by atoms with Crippen LogP contribution in [0.25, 0.3) is 0 Å². The molecule has 0 spiro atoms. The number of carbonyl (C=O) groups excluding carboxylic acids is 1. The van der Waals surface area contributed by atoms with Crippen molar-refractivity contribution in [3.63, 3.8) is 0 Å². The topological polar surface area (TPSA) is 57.6 Å². The van der Waals surface area contributed by atoms with Crippen molar-refractivity contribution in [2.24, 2.45) is 0 Å². The molecule has 0 radical (unpaired) electrons. The van der Waals surface area contributed by atoms with Crippen molar-refractivity contribution in [1.82, 2.24) is 4.90 Å². The van der Waals surface area contributed by atoms with Gasteiger partial charge in [-0.1, -0.05) is 6.07 Å². The molecular weight excluding hydrogens is 282 g/mol. The van der Waals surface area contributed by atoms with E-state index < -0.39 is 37.0 Å². The smallest absolute Gasteiger partial charge is 0.406 e. The van der Waals surface area contributed by atoms with Crippen molar-refractivity contribution in [3.8, 4) is 0 Å². The molecule has 1 aromatic rings. The van der Waals surface area contributed by atoms with Gasteiger partial charge >= 0.3 is 12.1 Å². The lowest BCUT2D eigenvalue weighted by Crippen LogP contribution is -2.42. The van der Waals surface area contributed by atoms with Crippen LogP contribution in [0.1, 0.15) is 15.9 Å². The van der Waals surface area contributed by atoms with Gasteiger partial charge in [-0.2, -0.15) is 13.2 Å². The van der Waals surface area contributed by atoms with E-state index in [-0.39, 0.29) is 16.0 Å². The molecule has 110 valence electrons. The number of carbonyl (C=O) groups is 2. The van der Waals surface area contributed by atoms with Gasteiger partial charge in [0.25, 0.3) is 5.91 Å². The molecule has 1 aromatic carbocycles. The number of rotatable bonds is 4. The van der Waals surface area contributed by atoms with Gasteiger partial charge in [0.05, 0.1) is 0 Å². The Hall–Kier alpha value is -2.12. The minimum absolute atomic E-state index is 0.104. The molecule has 0 heterocycles. The number of alkyl halides is 3. The van der Waals surface area contributed by atoms with E-state index in [2.05, 4.69) is 0 Å². The van der Waals surface area contributed by atoms with Crippen LogP contribution in [0, 0.1) is 12.7 Å². The average molecular weight is 293 g/mol. The van der Waals surface area contributed by atoms with Gasteiger partial charge in [-0.05, 0) is 24.6 Å². The molecule has 0 bridgehead atoms. The summed E-state index contributed by atoms with van der Waals surface area (Å²) >= 11 is 0. The first kappa shape index (κ1) is 15.9. The van der Waals surface area contributed by atoms with Crippen molar-refractivity contribution < 1.29 is 32.3 Å². The zero-order valence-corrected chi connectivity index (χ0v) is 10.4. The maximum absolute atomic E-state index is 13.3. The summed E-state index contributed by atoms with van der Waals surface area (Å²) < 4.78 is 50.2. The van der Waals surface area contributed by atoms with E-state index in [1.165, 1.54) is 13.0 Å². The number of nitrogens with zero attached hydrogens (tertiary/aromatic N) is 1. The summed E-state index contributed by atoms with van der Waals surface area (Å²) in [6, 6.07) is 3.16. The van der Waals surface area contributed by atoms with Crippen molar-refractivity contribution in [2.45, 2.75) is 13.1 Å². The van der Waals surface area contributed by atoms with E-state index in [0.717, 1.165) is 12.1 Å². The van der Waals surface area contributed by atoms with E-state index in [1.807, 2.05) is 0 Å². The van der Waals surface area contributed by atoms with Crippen molar-refractivity contribution in [3.05, 3.63) is 35.1 Å². The zero-order chi connectivity index (χ0) is 15.5. The highest BCUT2D eigenvalue weighted by atomic mass is 19.4. The number of benzene rings is 1. The van der Waals surface area contributed by atoms with Gasteiger partial charge in [-0.15, -0.1) is 0 Å². The third-order valence-electron chi connectivity index (χ3n) is 2.40. The molecule has 0 aliphatic rings. The Morgan fingerprint density at radius 3 is 2.35 bits per heavy atom. The van der Waals surface area contributed by atoms with Crippen LogP contribution in [-0.2, 0) is 4.79 Å². The lowest BCUT2D eigenvalue weighted by atomic mass is 10.1. The van der Waals surface area contributed by atoms with Crippen LogP contribution >= 0.6 is 0 Å². The molecule has 0 aliphatic heterocycles. The number of hydrogen-bond acceptors (Lipinski definition) is 2. The Bertz CT molecular complexity index is 528. The lowest BCUT2D eigenvalue weighted by molar-refractivity contribution is -0.149. The molecular formula is C12H11F4NO3. The van der Waals surface area contributed by atoms with E-state index in [4.69, 9.17) is 5.11 Å². The van der Waals surface area contributed by atoms with Crippen LogP contribution in [0.5, 0.6) is 0 Å². The largest absolute Gasteiger partial charge is 0.480 e. The van der Waals surface area contributed by atoms with Crippen LogP contribution in [0.2, 0.25) is 0 Å². The van der Waals surface area contributed by atoms with E-state index in [1.54, 1.807) is 0 Å². The highest BCUT2D eigenvalue weighted by Crippen LogP contribution is 2.19. The van der Waals surface area contributed by atoms with Gasteiger partial charge in [-0.3, -0.25) is 9.59 Å². The zero-order valence-electron chi connectivity index (χ0n) is 10.4. The Balaban J connectivity index is 3.02. The van der Waals surface area contributed by atoms with Gasteiger partial charge in [-0.25, -0.2) is 4.39 Å². The lowest BCUT2D eigenvalue weighted by Gasteiger charge is -2.22. The standard InChI is InChI=1S/C12H11F4NO3/c1-7-2-3-8(4-9(7)13)11(20)17(5-10(18)19)6-12(14,15)16/h2-4H,5-6H2,1H3,(H,18,19). The second-order valence-corrected chi connectivity index (χ2v) is 4.13. The predicted octanol–water partition coefficient (Wildman–Crippen LogP) is 2.22. The quantitative estimate of drug-likeness (QED) is 0.866. The Kier molecular flexibility index (Phi) is 4.69. The number of halogens is 4. The number of carboxylic acids is 1. The van der Waals surface area contributed by atoms with Gasteiger partial charge < -0.3 is 10.0 Å². The van der Waals surface area contributed by atoms with Crippen LogP contribution in [0.3, 0.4) is 0 Å². The Labute approximate surface area is 111 Å². The summed E-state index contributed by atoms with van der Waals surface area (Å²) in [6.45, 7) is -1.41. The summed E-state index contributed by atoms with van der Waals surface area (Å²) in [6.07, 6.45) is -4.74. The minimum atomic E-state index is -4.74. The molecule has 0 fully saturated rings. The Morgan fingerprint density at radius 1 is 1.30 bits per heavy atom. The first-order chi connectivity index (χ1) is 9.10. The molecule has 0 saturated carbocycles. The molecule has 8 heteroatoms. The SMILES string of the molecule is Cc1ccc(C(=O)N(CC(=O)O)CC(F)(F)F)cc1F. The third-order valence-corrected chi connectivity index (χ3v) is 2.40. The van der Waals surface area contributed by atoms with Gasteiger partial charge in [0, 0.05) is 5.56 Å². The van der Waals surface area contributed by atoms with Crippen molar-refractivity contribution in [1.29, 1.82) is 0 Å². The van der Waals surface area contributed by atoms with Crippen molar-refractivity contribution in [2.75, 3.05) is 13.1 Å². The monoisotopic (exact) mass is 293 g/mol. The predicted molar refractivity (Wildman–Crippen MR) is 60.7 cm³/mol. The molecule has 0 saturated heterocycles. The molecule has 0 unspecified atom stereocenters. The highest BCUT2D eigenvalue weighted by molar-refractivity contribution is 5.95. The number of aryl methyl sites for hydroxylation is 1. The third kappa shape index (κ3) is 4.52. The van der Waals surface area contributed by atoms with Gasteiger partial charge in [0.15, 0.2) is 0 Å². The molecule has 0 atom stereocenters. The molecule has 0 aliphatic carbocycles. The minimum Gasteiger partial charge on any atom is -0.480 e. The molecule has 4 nitrogen and oxygen atoms in total. The van der Waals surface area contributed by atoms with E-state index >= 15 is 0 Å². The molecule has 1 N–H and O–H groups in total. The fraction of sp³-hybridized carbons (Fsp3) is 0.333. The second kappa shape index (κ2) is 5.89. The molecule has 1 amide bonds. The number of carboxylic acid groups (broad SMARTS) is 1. The number of aliphatic carboxylic acids is 1. The summed E-state index contributed by atoms with van der Waals surface area (Å²) in [5, 5.41) is 8.54. The first-order valence-corrected chi connectivity index (χ1v) is 5.44. The summed E-state index contributed by atoms with van der Waals surface area (Å²) in [4.78, 5) is 22.4. The van der Waals surface area contributed by atoms with Crippen LogP contribution in [0.15, 0.2) is 18.2 Å². The first-order valence-electron chi connectivity index (χ1n) is 5.44. The van der Waals surface area contributed by atoms with E-state index in [9.17, 15) is 27.2 Å². The maximum atomic E-state index is 13.3. The fourth-order valence-corrected chi connectivity index (χ4v) is 1.49. The van der Waals surface area contributed by atoms with Crippen LogP contribution in [0.4, 0.5) is 17.6 Å². The second-order valence-electron chi connectivity index (χ2n) is 4.13. The average Bonchev–Trinajstić information content (AvgIpc) is 2.28. The summed E-state index contributed by atoms with van der Waals surface area (Å²) in [7, 11) is 0. The molecule has 20 heavy (non-hydrogen) atoms. The number of hydrogen-bond donors (Lipinski definition) is 1. The normalized spacial score (nSPS) is 11.2. The highest BCUT2D eigenvalue weighted by Gasteiger charge is 2.34. The summed E-state index contributed by atoms with van der Waals surface area (Å²) in [5.74, 6) is -3.53. The van der Waals surface area contributed by atoms with Gasteiger partial charge in [0.2, 0.25) is 0 Å². The molecule has 0 aromatic heterocycles. The maximum Gasteiger partial charge on any atom is 0.406 e. The van der Waals surface area contributed by atoms with Crippen molar-refractivity contribution >= 4 is 11.9 Å². The molecule has 1 rings (SSSR count). The van der Waals surface area contributed by atoms with Crippen LogP contribution < -0.4 is 0 Å². The van der Waals surface area contributed by atoms with Crippen LogP contribution in [-0.4, -0.2) is 41.1 Å².